The fraction of sp³-hybridized carbons (Fsp3) is 0.182. The number of aromatic nitrogens is 3. The monoisotopic (exact) mass is 826 g/mol. The molecule has 0 aliphatic carbocycles. The number of hydrogen-bond donors (Lipinski definition) is 0. The number of fused-ring (bicyclic) bond motifs is 4. The smallest absolute Gasteiger partial charge is 0.120 e. The van der Waals surface area contributed by atoms with Crippen LogP contribution >= 0.6 is 0 Å². The maximum absolute atomic E-state index is 8.51. The Morgan fingerprint density at radius 1 is 0.857 bits per heavy atom. The molecule has 8 rings (SSSR count). The second-order valence-corrected chi connectivity index (χ2v) is 12.1. The zero-order valence-electron chi connectivity index (χ0n) is 35.6. The van der Waals surface area contributed by atoms with Gasteiger partial charge in [0.15, 0.2) is 0 Å². The van der Waals surface area contributed by atoms with Crippen LogP contribution in [0.25, 0.3) is 61.3 Å². The molecule has 0 saturated carbocycles. The van der Waals surface area contributed by atoms with Crippen LogP contribution in [0.5, 0.6) is 0 Å². The van der Waals surface area contributed by atoms with Crippen molar-refractivity contribution >= 4 is 33.0 Å². The van der Waals surface area contributed by atoms with Gasteiger partial charge in [-0.2, -0.15) is 0 Å². The van der Waals surface area contributed by atoms with Crippen LogP contribution in [0.15, 0.2) is 114 Å². The van der Waals surface area contributed by atoms with Gasteiger partial charge in [-0.3, -0.25) is 4.98 Å². The second-order valence-electron chi connectivity index (χ2n) is 12.1. The molecular weight excluding hydrogens is 779 g/mol. The largest absolute Gasteiger partial charge is 0.501 e. The first kappa shape index (κ1) is 25.2. The van der Waals surface area contributed by atoms with Crippen molar-refractivity contribution < 1.29 is 35.5 Å². The molecule has 0 amide bonds. The van der Waals surface area contributed by atoms with Crippen molar-refractivity contribution in [3.63, 3.8) is 0 Å². The molecule has 0 atom stereocenters. The Morgan fingerprint density at radius 2 is 1.65 bits per heavy atom. The predicted molar refractivity (Wildman–Crippen MR) is 199 cm³/mol. The summed E-state index contributed by atoms with van der Waals surface area (Å²) in [5, 5.41) is 1.87. The van der Waals surface area contributed by atoms with E-state index in [0.717, 1.165) is 55.6 Å². The molecule has 0 saturated heterocycles. The van der Waals surface area contributed by atoms with Crippen LogP contribution in [0, 0.1) is 45.6 Å². The van der Waals surface area contributed by atoms with Crippen LogP contribution in [-0.4, -0.2) is 14.5 Å². The molecule has 0 spiro atoms. The summed E-state index contributed by atoms with van der Waals surface area (Å²) in [5.74, 6) is 0.343. The van der Waals surface area contributed by atoms with Crippen LogP contribution in [0.2, 0.25) is 0 Å². The molecule has 49 heavy (non-hydrogen) atoms. The second kappa shape index (κ2) is 14.3. The number of benzene rings is 5. The Hall–Kier alpha value is -4.83. The Bertz CT molecular complexity index is 2690. The van der Waals surface area contributed by atoms with Crippen molar-refractivity contribution in [1.29, 1.82) is 0 Å². The molecule has 5 aromatic carbocycles. The standard InChI is InChI=1S/C22H19N2.C22H20NO.Ir/c1-15-11-13-18(14-12-15)22-23-19-9-4-5-10-20(19)24(22)21-16(2)7-6-8-17(21)3;1-14(2)11-16-12-20(23-13-15(16)3)19-9-6-8-18-17-7-4-5-10-21(17)24-22(18)19;/h4-13H,1-3H3;4-8,10,12-14H,11H2,1-3H3;/q2*-1;/i1D3;3D3,11D2;. The van der Waals surface area contributed by atoms with Crippen LogP contribution < -0.4 is 0 Å². The van der Waals surface area contributed by atoms with E-state index in [-0.39, 0.29) is 36.8 Å². The summed E-state index contributed by atoms with van der Waals surface area (Å²) < 4.78 is 71.3. The minimum absolute atomic E-state index is 0. The van der Waals surface area contributed by atoms with Gasteiger partial charge < -0.3 is 14.0 Å². The van der Waals surface area contributed by atoms with E-state index in [2.05, 4.69) is 53.7 Å². The van der Waals surface area contributed by atoms with E-state index in [9.17, 15) is 0 Å². The Kier molecular flexibility index (Phi) is 7.37. The van der Waals surface area contributed by atoms with Crippen molar-refractivity contribution in [3.8, 4) is 28.3 Å². The van der Waals surface area contributed by atoms with Gasteiger partial charge in [0.2, 0.25) is 0 Å². The molecule has 0 aliphatic heterocycles. The van der Waals surface area contributed by atoms with Gasteiger partial charge in [-0.05, 0) is 73.6 Å². The minimum Gasteiger partial charge on any atom is -0.501 e. The van der Waals surface area contributed by atoms with Crippen molar-refractivity contribution in [3.05, 3.63) is 149 Å². The zero-order chi connectivity index (χ0) is 40.2. The van der Waals surface area contributed by atoms with E-state index in [1.165, 1.54) is 18.3 Å². The van der Waals surface area contributed by atoms with Gasteiger partial charge in [-0.15, -0.1) is 53.6 Å². The summed E-state index contributed by atoms with van der Waals surface area (Å²) in [7, 11) is 0. The summed E-state index contributed by atoms with van der Waals surface area (Å²) in [6, 6.07) is 38.3. The fourth-order valence-corrected chi connectivity index (χ4v) is 6.06. The number of para-hydroxylation sites is 4. The summed E-state index contributed by atoms with van der Waals surface area (Å²) in [6.45, 7) is 3.04. The summed E-state index contributed by atoms with van der Waals surface area (Å²) in [5.41, 5.74) is 8.74. The molecule has 8 aromatic rings. The maximum atomic E-state index is 8.51. The summed E-state index contributed by atoms with van der Waals surface area (Å²) in [6.07, 6.45) is -0.573. The van der Waals surface area contributed by atoms with Crippen molar-refractivity contribution in [2.75, 3.05) is 0 Å². The average Bonchev–Trinajstić information content (AvgIpc) is 3.73. The quantitative estimate of drug-likeness (QED) is 0.162. The summed E-state index contributed by atoms with van der Waals surface area (Å²) in [4.78, 5) is 9.18. The number of imidazole rings is 1. The predicted octanol–water partition coefficient (Wildman–Crippen LogP) is 11.4. The molecule has 0 bridgehead atoms. The molecule has 3 aromatic heterocycles. The van der Waals surface area contributed by atoms with E-state index in [1.807, 2.05) is 54.6 Å². The number of furan rings is 1. The third kappa shape index (κ3) is 6.74. The third-order valence-electron chi connectivity index (χ3n) is 8.22. The van der Waals surface area contributed by atoms with Gasteiger partial charge in [0, 0.05) is 48.3 Å². The van der Waals surface area contributed by atoms with Crippen molar-refractivity contribution in [2.45, 2.75) is 47.8 Å². The number of hydrogen-bond acceptors (Lipinski definition) is 3. The van der Waals surface area contributed by atoms with Crippen molar-refractivity contribution in [2.24, 2.45) is 5.92 Å². The number of rotatable bonds is 5. The zero-order valence-corrected chi connectivity index (χ0v) is 29.9. The molecule has 1 radical (unpaired) electrons. The van der Waals surface area contributed by atoms with E-state index in [4.69, 9.17) is 20.4 Å². The first-order valence-corrected chi connectivity index (χ1v) is 15.9. The Morgan fingerprint density at radius 3 is 2.41 bits per heavy atom. The minimum atomic E-state index is -2.46. The molecule has 0 aliphatic rings. The van der Waals surface area contributed by atoms with Gasteiger partial charge in [-0.25, -0.2) is 0 Å². The van der Waals surface area contributed by atoms with Crippen LogP contribution in [0.1, 0.15) is 52.6 Å². The SMILES string of the molecule is [2H]C([2H])([2H])c1c[c-]c(-c2nc3ccccc3n2-c2c(C)cccc2C)cc1.[2H]C([2H])([2H])c1cnc(-c2[c-]ccc3c2oc2ccccc23)cc1C([2H])([2H])C(C)C.[Ir]. The van der Waals surface area contributed by atoms with Crippen LogP contribution in [-0.2, 0) is 26.5 Å². The molecule has 0 N–H and O–H groups in total. The normalized spacial score (nSPS) is 14.4. The van der Waals surface area contributed by atoms with Crippen LogP contribution in [0.3, 0.4) is 0 Å². The molecular formula is C44H39IrN3O-2. The molecule has 0 unspecified atom stereocenters. The van der Waals surface area contributed by atoms with E-state index >= 15 is 0 Å². The maximum Gasteiger partial charge on any atom is 0.120 e. The molecule has 0 fully saturated rings. The number of nitrogens with zero attached hydrogens (tertiary/aromatic N) is 3. The van der Waals surface area contributed by atoms with Gasteiger partial charge in [-0.1, -0.05) is 91.8 Å². The van der Waals surface area contributed by atoms with Crippen molar-refractivity contribution in [1.82, 2.24) is 14.5 Å². The number of pyridine rings is 1. The average molecular weight is 826 g/mol. The molecule has 3 heterocycles. The Balaban J connectivity index is 0.000000190. The van der Waals surface area contributed by atoms with E-state index < -0.39 is 26.0 Å². The molecule has 247 valence electrons. The van der Waals surface area contributed by atoms with Gasteiger partial charge >= 0.3 is 0 Å². The Labute approximate surface area is 313 Å². The third-order valence-corrected chi connectivity index (χ3v) is 8.22. The summed E-state index contributed by atoms with van der Waals surface area (Å²) >= 11 is 0. The first-order chi connectivity index (χ1) is 26.5. The molecule has 5 heteroatoms. The first-order valence-electron chi connectivity index (χ1n) is 19.9. The number of aryl methyl sites for hydroxylation is 4. The van der Waals surface area contributed by atoms with Gasteiger partial charge in [0.1, 0.15) is 5.58 Å². The fourth-order valence-electron chi connectivity index (χ4n) is 6.06. The van der Waals surface area contributed by atoms with Gasteiger partial charge in [0.05, 0.1) is 22.4 Å². The van der Waals surface area contributed by atoms with Gasteiger partial charge in [0.25, 0.3) is 0 Å². The van der Waals surface area contributed by atoms with E-state index in [1.54, 1.807) is 32.0 Å². The van der Waals surface area contributed by atoms with E-state index in [0.29, 0.717) is 16.8 Å². The topological polar surface area (TPSA) is 43.9 Å². The van der Waals surface area contributed by atoms with Crippen LogP contribution in [0.4, 0.5) is 0 Å². The molecule has 4 nitrogen and oxygen atoms in total.